The van der Waals surface area contributed by atoms with Gasteiger partial charge in [-0.05, 0) is 82.6 Å². The number of hydrogen-bond donors (Lipinski definition) is 0. The molecule has 11 aromatic rings. The molecule has 0 radical (unpaired) electrons. The zero-order valence-electron chi connectivity index (χ0n) is 37.1. The minimum absolute atomic E-state index is 0.000840. The number of para-hydroxylation sites is 3. The SMILES string of the molecule is CC(C)(C)c1ccc2c(c1)c1ccccc1n2-c1ccccc1-c1cc(-c2nc(-c3ccccc3)nc(-c3ccccc3)n2)ccc1-n1c2ccccc2c2cc(C(C)(C)C)ccc21. The zero-order chi connectivity index (χ0) is 43.7. The van der Waals surface area contributed by atoms with E-state index in [-0.39, 0.29) is 10.8 Å². The Morgan fingerprint density at radius 3 is 1.22 bits per heavy atom. The van der Waals surface area contributed by atoms with Crippen LogP contribution in [0.3, 0.4) is 0 Å². The highest BCUT2D eigenvalue weighted by Gasteiger charge is 2.24. The summed E-state index contributed by atoms with van der Waals surface area (Å²) in [7, 11) is 0. The fourth-order valence-electron chi connectivity index (χ4n) is 9.32. The Morgan fingerprint density at radius 1 is 0.312 bits per heavy atom. The van der Waals surface area contributed by atoms with Gasteiger partial charge in [0.1, 0.15) is 0 Å². The molecule has 64 heavy (non-hydrogen) atoms. The molecule has 0 fully saturated rings. The molecule has 8 aromatic carbocycles. The van der Waals surface area contributed by atoms with Crippen molar-refractivity contribution in [3.63, 3.8) is 0 Å². The van der Waals surface area contributed by atoms with Crippen molar-refractivity contribution in [2.45, 2.75) is 52.4 Å². The van der Waals surface area contributed by atoms with E-state index in [9.17, 15) is 0 Å². The zero-order valence-corrected chi connectivity index (χ0v) is 37.1. The summed E-state index contributed by atoms with van der Waals surface area (Å²) in [5, 5.41) is 4.94. The normalized spacial score (nSPS) is 12.2. The molecule has 0 atom stereocenters. The third-order valence-electron chi connectivity index (χ3n) is 12.7. The minimum Gasteiger partial charge on any atom is -0.309 e. The van der Waals surface area contributed by atoms with Crippen LogP contribution in [-0.2, 0) is 10.8 Å². The van der Waals surface area contributed by atoms with Crippen LogP contribution in [0, 0.1) is 0 Å². The topological polar surface area (TPSA) is 48.5 Å². The van der Waals surface area contributed by atoms with E-state index < -0.39 is 0 Å². The summed E-state index contributed by atoms with van der Waals surface area (Å²) in [6, 6.07) is 67.6. The first-order valence-corrected chi connectivity index (χ1v) is 22.2. The van der Waals surface area contributed by atoms with Gasteiger partial charge >= 0.3 is 0 Å². The maximum absolute atomic E-state index is 5.21. The summed E-state index contributed by atoms with van der Waals surface area (Å²) in [5.74, 6) is 1.88. The number of benzene rings is 8. The highest BCUT2D eigenvalue weighted by Crippen LogP contribution is 2.43. The largest absolute Gasteiger partial charge is 0.309 e. The van der Waals surface area contributed by atoms with Gasteiger partial charge < -0.3 is 9.13 Å². The summed E-state index contributed by atoms with van der Waals surface area (Å²) in [6.07, 6.45) is 0. The second kappa shape index (κ2) is 15.0. The molecule has 0 spiro atoms. The number of hydrogen-bond acceptors (Lipinski definition) is 3. The van der Waals surface area contributed by atoms with Gasteiger partial charge in [0.25, 0.3) is 0 Å². The van der Waals surface area contributed by atoms with Gasteiger partial charge in [0.2, 0.25) is 0 Å². The van der Waals surface area contributed by atoms with Crippen molar-refractivity contribution in [3.05, 3.63) is 199 Å². The monoisotopic (exact) mass is 827 g/mol. The first-order valence-electron chi connectivity index (χ1n) is 22.2. The van der Waals surface area contributed by atoms with Crippen LogP contribution in [0.1, 0.15) is 52.7 Å². The van der Waals surface area contributed by atoms with Crippen molar-refractivity contribution in [2.75, 3.05) is 0 Å². The molecule has 0 N–H and O–H groups in total. The van der Waals surface area contributed by atoms with E-state index in [1.165, 1.54) is 38.2 Å². The fraction of sp³-hybridized carbons (Fsp3) is 0.136. The number of nitrogens with zero attached hydrogens (tertiary/aromatic N) is 5. The molecule has 0 saturated carbocycles. The summed E-state index contributed by atoms with van der Waals surface area (Å²) in [6.45, 7) is 13.7. The molecule has 5 heteroatoms. The molecule has 0 unspecified atom stereocenters. The molecule has 0 aliphatic carbocycles. The summed E-state index contributed by atoms with van der Waals surface area (Å²) in [4.78, 5) is 15.4. The Hall–Kier alpha value is -7.63. The van der Waals surface area contributed by atoms with Crippen molar-refractivity contribution >= 4 is 43.6 Å². The van der Waals surface area contributed by atoms with Crippen LogP contribution in [0.25, 0.3) is 100 Å². The van der Waals surface area contributed by atoms with E-state index in [4.69, 9.17) is 15.0 Å². The van der Waals surface area contributed by atoms with Crippen LogP contribution in [0.15, 0.2) is 188 Å². The van der Waals surface area contributed by atoms with Gasteiger partial charge in [0.15, 0.2) is 17.5 Å². The van der Waals surface area contributed by atoms with Crippen LogP contribution in [-0.4, -0.2) is 24.1 Å². The van der Waals surface area contributed by atoms with E-state index in [1.54, 1.807) is 0 Å². The lowest BCUT2D eigenvalue weighted by molar-refractivity contribution is 0.591. The highest BCUT2D eigenvalue weighted by atomic mass is 15.0. The first-order chi connectivity index (χ1) is 31.0. The molecule has 5 nitrogen and oxygen atoms in total. The van der Waals surface area contributed by atoms with Crippen molar-refractivity contribution in [1.82, 2.24) is 24.1 Å². The number of rotatable bonds is 6. The van der Waals surface area contributed by atoms with Gasteiger partial charge in [-0.2, -0.15) is 0 Å². The van der Waals surface area contributed by atoms with E-state index in [0.29, 0.717) is 17.5 Å². The third-order valence-corrected chi connectivity index (χ3v) is 12.7. The maximum Gasteiger partial charge on any atom is 0.164 e. The molecule has 3 heterocycles. The second-order valence-corrected chi connectivity index (χ2v) is 19.0. The number of fused-ring (bicyclic) bond motifs is 6. The van der Waals surface area contributed by atoms with Crippen LogP contribution >= 0.6 is 0 Å². The molecular formula is C59H49N5. The van der Waals surface area contributed by atoms with Gasteiger partial charge in [-0.1, -0.05) is 169 Å². The van der Waals surface area contributed by atoms with Gasteiger partial charge in [0, 0.05) is 49.4 Å². The summed E-state index contributed by atoms with van der Waals surface area (Å²) in [5.41, 5.74) is 14.4. The maximum atomic E-state index is 5.21. The van der Waals surface area contributed by atoms with Crippen LogP contribution in [0.5, 0.6) is 0 Å². The summed E-state index contributed by atoms with van der Waals surface area (Å²) >= 11 is 0. The predicted octanol–water partition coefficient (Wildman–Crippen LogP) is 15.3. The smallest absolute Gasteiger partial charge is 0.164 e. The summed E-state index contributed by atoms with van der Waals surface area (Å²) < 4.78 is 4.90. The fourth-order valence-corrected chi connectivity index (χ4v) is 9.32. The second-order valence-electron chi connectivity index (χ2n) is 19.0. The Kier molecular flexibility index (Phi) is 9.21. The molecule has 0 amide bonds. The van der Waals surface area contributed by atoms with Crippen LogP contribution in [0.2, 0.25) is 0 Å². The highest BCUT2D eigenvalue weighted by molar-refractivity contribution is 6.12. The minimum atomic E-state index is 0.000840. The van der Waals surface area contributed by atoms with Crippen molar-refractivity contribution in [2.24, 2.45) is 0 Å². The molecule has 0 aliphatic rings. The van der Waals surface area contributed by atoms with Gasteiger partial charge in [-0.25, -0.2) is 15.0 Å². The van der Waals surface area contributed by atoms with E-state index >= 15 is 0 Å². The van der Waals surface area contributed by atoms with Crippen molar-refractivity contribution in [1.29, 1.82) is 0 Å². The molecular weight excluding hydrogens is 779 g/mol. The molecule has 0 saturated heterocycles. The van der Waals surface area contributed by atoms with Gasteiger partial charge in [-0.15, -0.1) is 0 Å². The average Bonchev–Trinajstić information content (AvgIpc) is 3.83. The Balaban J connectivity index is 1.22. The Labute approximate surface area is 374 Å². The lowest BCUT2D eigenvalue weighted by Gasteiger charge is -2.21. The lowest BCUT2D eigenvalue weighted by atomic mass is 9.86. The van der Waals surface area contributed by atoms with Crippen LogP contribution in [0.4, 0.5) is 0 Å². The molecule has 0 bridgehead atoms. The molecule has 3 aromatic heterocycles. The first kappa shape index (κ1) is 39.2. The molecule has 310 valence electrons. The van der Waals surface area contributed by atoms with Gasteiger partial charge in [0.05, 0.1) is 33.4 Å². The van der Waals surface area contributed by atoms with Crippen molar-refractivity contribution < 1.29 is 0 Å². The Bertz CT molecular complexity index is 3510. The predicted molar refractivity (Wildman–Crippen MR) is 268 cm³/mol. The van der Waals surface area contributed by atoms with E-state index in [2.05, 4.69) is 202 Å². The number of aromatic nitrogens is 5. The van der Waals surface area contributed by atoms with E-state index in [0.717, 1.165) is 55.7 Å². The quantitative estimate of drug-likeness (QED) is 0.168. The Morgan fingerprint density at radius 2 is 0.719 bits per heavy atom. The molecule has 0 aliphatic heterocycles. The van der Waals surface area contributed by atoms with Crippen LogP contribution < -0.4 is 0 Å². The van der Waals surface area contributed by atoms with Crippen molar-refractivity contribution in [3.8, 4) is 56.7 Å². The lowest BCUT2D eigenvalue weighted by Crippen LogP contribution is -2.10. The standard InChI is InChI=1S/C59H49N5/c1-58(2,3)41-30-33-53-47(36-41)44-24-14-17-27-50(44)63(53)49-26-16-13-23-43(49)46-35-40(57-61-55(38-19-9-7-10-20-38)60-56(62-57)39-21-11-8-12-22-39)29-32-52(46)64-51-28-18-15-25-45(51)48-37-42(59(4,5)6)31-34-54(48)64/h7-37H,1-6H3. The molecule has 11 rings (SSSR count). The van der Waals surface area contributed by atoms with E-state index in [1.807, 2.05) is 36.4 Å². The average molecular weight is 828 g/mol. The third kappa shape index (κ3) is 6.67. The van der Waals surface area contributed by atoms with Gasteiger partial charge in [-0.3, -0.25) is 0 Å².